The van der Waals surface area contributed by atoms with Crippen molar-refractivity contribution < 1.29 is 9.53 Å². The van der Waals surface area contributed by atoms with Crippen molar-refractivity contribution in [3.05, 3.63) is 29.8 Å². The lowest BCUT2D eigenvalue weighted by atomic mass is 9.96. The van der Waals surface area contributed by atoms with Crippen LogP contribution < -0.4 is 4.74 Å². The first-order valence-electron chi connectivity index (χ1n) is 4.46. The van der Waals surface area contributed by atoms with Crippen molar-refractivity contribution in [1.82, 2.24) is 0 Å². The summed E-state index contributed by atoms with van der Waals surface area (Å²) in [6, 6.07) is 7.83. The number of ether oxygens (including phenoxy) is 1. The molecule has 1 heterocycles. The molecule has 0 fully saturated rings. The molecule has 13 heavy (non-hydrogen) atoms. The van der Waals surface area contributed by atoms with E-state index in [1.165, 1.54) is 0 Å². The molecular formula is C11H12O2. The summed E-state index contributed by atoms with van der Waals surface area (Å²) in [7, 11) is 0. The fraction of sp³-hybridized carbons (Fsp3) is 0.364. The van der Waals surface area contributed by atoms with Crippen LogP contribution in [0.25, 0.3) is 0 Å². The maximum absolute atomic E-state index is 11.2. The predicted octanol–water partition coefficient (Wildman–Crippen LogP) is 2.14. The second kappa shape index (κ2) is 2.87. The van der Waals surface area contributed by atoms with Gasteiger partial charge in [0.15, 0.2) is 11.9 Å². The number of fused-ring (bicyclic) bond motifs is 1. The molecule has 2 rings (SSSR count). The van der Waals surface area contributed by atoms with E-state index in [-0.39, 0.29) is 17.8 Å². The van der Waals surface area contributed by atoms with Crippen LogP contribution in [-0.4, -0.2) is 11.9 Å². The zero-order valence-corrected chi connectivity index (χ0v) is 7.78. The zero-order valence-electron chi connectivity index (χ0n) is 7.78. The van der Waals surface area contributed by atoms with Gasteiger partial charge in [0.1, 0.15) is 5.75 Å². The zero-order chi connectivity index (χ0) is 9.42. The molecule has 0 saturated heterocycles. The summed E-state index contributed by atoms with van der Waals surface area (Å²) in [5.41, 5.74) is 1.14. The molecule has 0 spiro atoms. The summed E-state index contributed by atoms with van der Waals surface area (Å²) in [5.74, 6) is 1.15. The van der Waals surface area contributed by atoms with Gasteiger partial charge < -0.3 is 4.74 Å². The molecule has 0 unspecified atom stereocenters. The third kappa shape index (κ3) is 1.22. The molecule has 2 atom stereocenters. The molecule has 0 amide bonds. The third-order valence-electron chi connectivity index (χ3n) is 2.52. The number of carbonyl (C=O) groups excluding carboxylic acids is 1. The Morgan fingerprint density at radius 1 is 1.38 bits per heavy atom. The van der Waals surface area contributed by atoms with Crippen LogP contribution in [0.4, 0.5) is 0 Å². The average molecular weight is 176 g/mol. The summed E-state index contributed by atoms with van der Waals surface area (Å²) in [4.78, 5) is 11.2. The van der Waals surface area contributed by atoms with Crippen molar-refractivity contribution in [2.24, 2.45) is 0 Å². The quantitative estimate of drug-likeness (QED) is 0.655. The first-order valence-corrected chi connectivity index (χ1v) is 4.46. The minimum atomic E-state index is -0.280. The van der Waals surface area contributed by atoms with Crippen molar-refractivity contribution in [3.8, 4) is 5.75 Å². The molecule has 0 aliphatic carbocycles. The van der Waals surface area contributed by atoms with Crippen LogP contribution in [0, 0.1) is 0 Å². The molecule has 1 aromatic carbocycles. The second-order valence-corrected chi connectivity index (χ2v) is 3.48. The molecule has 2 heteroatoms. The molecule has 0 saturated carbocycles. The SMILES string of the molecule is CC(=O)[C@@H]1Oc2ccccc2[C@H]1C. The van der Waals surface area contributed by atoms with Crippen molar-refractivity contribution in [2.45, 2.75) is 25.9 Å². The highest BCUT2D eigenvalue weighted by atomic mass is 16.5. The molecule has 1 aliphatic heterocycles. The van der Waals surface area contributed by atoms with E-state index in [0.29, 0.717) is 0 Å². The topological polar surface area (TPSA) is 26.3 Å². The summed E-state index contributed by atoms with van der Waals surface area (Å²) >= 11 is 0. The van der Waals surface area contributed by atoms with Crippen LogP contribution >= 0.6 is 0 Å². The van der Waals surface area contributed by atoms with Gasteiger partial charge in [0.25, 0.3) is 0 Å². The number of hydrogen-bond donors (Lipinski definition) is 0. The van der Waals surface area contributed by atoms with Gasteiger partial charge in [-0.3, -0.25) is 4.79 Å². The van der Waals surface area contributed by atoms with Crippen LogP contribution in [0.15, 0.2) is 24.3 Å². The van der Waals surface area contributed by atoms with Gasteiger partial charge in [-0.25, -0.2) is 0 Å². The molecule has 0 aromatic heterocycles. The maximum Gasteiger partial charge on any atom is 0.170 e. The molecule has 2 nitrogen and oxygen atoms in total. The van der Waals surface area contributed by atoms with Gasteiger partial charge in [-0.05, 0) is 13.0 Å². The van der Waals surface area contributed by atoms with Gasteiger partial charge in [0.2, 0.25) is 0 Å². The van der Waals surface area contributed by atoms with E-state index in [0.717, 1.165) is 11.3 Å². The first kappa shape index (κ1) is 8.30. The van der Waals surface area contributed by atoms with Gasteiger partial charge in [0.05, 0.1) is 0 Å². The van der Waals surface area contributed by atoms with Crippen molar-refractivity contribution in [2.75, 3.05) is 0 Å². The predicted molar refractivity (Wildman–Crippen MR) is 50.0 cm³/mol. The Labute approximate surface area is 77.5 Å². The van der Waals surface area contributed by atoms with Crippen molar-refractivity contribution in [3.63, 3.8) is 0 Å². The van der Waals surface area contributed by atoms with Crippen LogP contribution in [0.2, 0.25) is 0 Å². The Hall–Kier alpha value is -1.31. The summed E-state index contributed by atoms with van der Waals surface area (Å²) in [6.45, 7) is 3.60. The number of hydrogen-bond acceptors (Lipinski definition) is 2. The minimum Gasteiger partial charge on any atom is -0.482 e. The lowest BCUT2D eigenvalue weighted by Crippen LogP contribution is -2.25. The maximum atomic E-state index is 11.2. The highest BCUT2D eigenvalue weighted by Gasteiger charge is 2.33. The Kier molecular flexibility index (Phi) is 1.83. The van der Waals surface area contributed by atoms with E-state index in [9.17, 15) is 4.79 Å². The molecular weight excluding hydrogens is 164 g/mol. The van der Waals surface area contributed by atoms with Crippen molar-refractivity contribution >= 4 is 5.78 Å². The number of carbonyl (C=O) groups is 1. The monoisotopic (exact) mass is 176 g/mol. The standard InChI is InChI=1S/C11H12O2/c1-7-9-5-3-4-6-10(9)13-11(7)8(2)12/h3-7,11H,1-2H3/t7-,11-/m1/s1. The highest BCUT2D eigenvalue weighted by molar-refractivity contribution is 5.83. The number of Topliss-reactive ketones (excluding diaryl/α,β-unsaturated/α-hetero) is 1. The Morgan fingerprint density at radius 3 is 2.69 bits per heavy atom. The van der Waals surface area contributed by atoms with Gasteiger partial charge in [-0.2, -0.15) is 0 Å². The van der Waals surface area contributed by atoms with E-state index in [2.05, 4.69) is 0 Å². The summed E-state index contributed by atoms with van der Waals surface area (Å²) < 4.78 is 5.53. The van der Waals surface area contributed by atoms with E-state index in [1.807, 2.05) is 31.2 Å². The number of benzene rings is 1. The molecule has 0 radical (unpaired) electrons. The number of para-hydroxylation sites is 1. The largest absolute Gasteiger partial charge is 0.482 e. The minimum absolute atomic E-state index is 0.101. The third-order valence-corrected chi connectivity index (χ3v) is 2.52. The number of rotatable bonds is 1. The smallest absolute Gasteiger partial charge is 0.170 e. The molecule has 0 N–H and O–H groups in total. The van der Waals surface area contributed by atoms with E-state index in [1.54, 1.807) is 6.92 Å². The Balaban J connectivity index is 2.38. The van der Waals surface area contributed by atoms with Crippen LogP contribution in [0.3, 0.4) is 0 Å². The van der Waals surface area contributed by atoms with E-state index >= 15 is 0 Å². The lowest BCUT2D eigenvalue weighted by Gasteiger charge is -2.10. The number of ketones is 1. The van der Waals surface area contributed by atoms with Gasteiger partial charge in [-0.1, -0.05) is 25.1 Å². The van der Waals surface area contributed by atoms with Gasteiger partial charge in [0, 0.05) is 11.5 Å². The average Bonchev–Trinajstić information content (AvgIpc) is 2.45. The first-order chi connectivity index (χ1) is 6.20. The highest BCUT2D eigenvalue weighted by Crippen LogP contribution is 2.37. The summed E-state index contributed by atoms with van der Waals surface area (Å²) in [5, 5.41) is 0. The Morgan fingerprint density at radius 2 is 2.08 bits per heavy atom. The molecule has 68 valence electrons. The molecule has 0 bridgehead atoms. The van der Waals surface area contributed by atoms with Crippen LogP contribution in [0.5, 0.6) is 5.75 Å². The Bertz CT molecular complexity index is 344. The fourth-order valence-electron chi connectivity index (χ4n) is 1.80. The fourth-order valence-corrected chi connectivity index (χ4v) is 1.80. The molecule has 1 aromatic rings. The lowest BCUT2D eigenvalue weighted by molar-refractivity contribution is -0.123. The normalized spacial score (nSPS) is 25.1. The van der Waals surface area contributed by atoms with Gasteiger partial charge >= 0.3 is 0 Å². The molecule has 1 aliphatic rings. The van der Waals surface area contributed by atoms with Crippen molar-refractivity contribution in [1.29, 1.82) is 0 Å². The van der Waals surface area contributed by atoms with Gasteiger partial charge in [-0.15, -0.1) is 0 Å². The van der Waals surface area contributed by atoms with E-state index < -0.39 is 0 Å². The van der Waals surface area contributed by atoms with E-state index in [4.69, 9.17) is 4.74 Å². The second-order valence-electron chi connectivity index (χ2n) is 3.48. The van der Waals surface area contributed by atoms with Crippen LogP contribution in [-0.2, 0) is 4.79 Å². The summed E-state index contributed by atoms with van der Waals surface area (Å²) in [6.07, 6.45) is -0.280. The van der Waals surface area contributed by atoms with Crippen LogP contribution in [0.1, 0.15) is 25.3 Å².